The monoisotopic (exact) mass is 222 g/mol. The summed E-state index contributed by atoms with van der Waals surface area (Å²) >= 11 is 0. The van der Waals surface area contributed by atoms with Gasteiger partial charge in [0.25, 0.3) is 0 Å². The molecule has 0 aliphatic rings. The zero-order chi connectivity index (χ0) is 11.8. The van der Waals surface area contributed by atoms with Crippen LogP contribution in [-0.4, -0.2) is 22.1 Å². The van der Waals surface area contributed by atoms with Crippen molar-refractivity contribution in [1.82, 2.24) is 10.3 Å². The summed E-state index contributed by atoms with van der Waals surface area (Å²) in [5, 5.41) is 12.0. The van der Waals surface area contributed by atoms with Gasteiger partial charge in [0.2, 0.25) is 0 Å². The van der Waals surface area contributed by atoms with Gasteiger partial charge in [0.05, 0.1) is 5.69 Å². The van der Waals surface area contributed by atoms with Gasteiger partial charge >= 0.3 is 5.97 Å². The van der Waals surface area contributed by atoms with E-state index >= 15 is 0 Å². The van der Waals surface area contributed by atoms with Crippen LogP contribution >= 0.6 is 0 Å². The van der Waals surface area contributed by atoms with Crippen LogP contribution in [0.1, 0.15) is 31.9 Å². The summed E-state index contributed by atoms with van der Waals surface area (Å²) in [6, 6.07) is 5.15. The predicted octanol–water partition coefficient (Wildman–Crippen LogP) is 1.81. The van der Waals surface area contributed by atoms with E-state index in [-0.39, 0.29) is 0 Å². The van der Waals surface area contributed by atoms with Gasteiger partial charge in [-0.3, -0.25) is 15.1 Å². The lowest BCUT2D eigenvalue weighted by Crippen LogP contribution is -2.36. The van der Waals surface area contributed by atoms with E-state index in [2.05, 4.69) is 17.2 Å². The fourth-order valence-electron chi connectivity index (χ4n) is 1.45. The lowest BCUT2D eigenvalue weighted by atomic mass is 10.1. The molecule has 16 heavy (non-hydrogen) atoms. The lowest BCUT2D eigenvalue weighted by molar-refractivity contribution is -0.139. The molecule has 1 unspecified atom stereocenters. The molecule has 0 spiro atoms. The van der Waals surface area contributed by atoms with Crippen LogP contribution in [0.5, 0.6) is 0 Å². The molecule has 0 aliphatic heterocycles. The summed E-state index contributed by atoms with van der Waals surface area (Å²) in [4.78, 5) is 15.1. The van der Waals surface area contributed by atoms with Gasteiger partial charge in [-0.05, 0) is 18.6 Å². The number of nitrogens with zero attached hydrogens (tertiary/aromatic N) is 1. The van der Waals surface area contributed by atoms with Gasteiger partial charge in [-0.25, -0.2) is 0 Å². The van der Waals surface area contributed by atoms with E-state index in [0.29, 0.717) is 13.0 Å². The fourth-order valence-corrected chi connectivity index (χ4v) is 1.45. The highest BCUT2D eigenvalue weighted by molar-refractivity contribution is 5.73. The molecule has 0 aliphatic carbocycles. The second kappa shape index (κ2) is 6.95. The minimum absolute atomic E-state index is 0.470. The topological polar surface area (TPSA) is 62.2 Å². The van der Waals surface area contributed by atoms with Gasteiger partial charge < -0.3 is 5.11 Å². The molecule has 0 saturated carbocycles. The Morgan fingerprint density at radius 2 is 2.38 bits per heavy atom. The van der Waals surface area contributed by atoms with Crippen molar-refractivity contribution in [2.75, 3.05) is 0 Å². The predicted molar refractivity (Wildman–Crippen MR) is 62.0 cm³/mol. The van der Waals surface area contributed by atoms with E-state index in [1.165, 1.54) is 0 Å². The van der Waals surface area contributed by atoms with Gasteiger partial charge in [0, 0.05) is 12.7 Å². The molecule has 88 valence electrons. The minimum Gasteiger partial charge on any atom is -0.480 e. The third-order valence-corrected chi connectivity index (χ3v) is 2.40. The summed E-state index contributed by atoms with van der Waals surface area (Å²) in [6.07, 6.45) is 4.30. The van der Waals surface area contributed by atoms with E-state index < -0.39 is 12.0 Å². The first-order valence-electron chi connectivity index (χ1n) is 5.60. The number of carboxylic acids is 1. The number of hydrogen-bond donors (Lipinski definition) is 2. The number of rotatable bonds is 7. The van der Waals surface area contributed by atoms with E-state index in [1.54, 1.807) is 6.20 Å². The zero-order valence-electron chi connectivity index (χ0n) is 9.52. The zero-order valence-corrected chi connectivity index (χ0v) is 9.52. The molecular weight excluding hydrogens is 204 g/mol. The molecule has 1 aromatic rings. The Balaban J connectivity index is 2.41. The Kier molecular flexibility index (Phi) is 5.50. The molecule has 0 amide bonds. The first-order chi connectivity index (χ1) is 7.74. The van der Waals surface area contributed by atoms with Crippen molar-refractivity contribution in [1.29, 1.82) is 0 Å². The van der Waals surface area contributed by atoms with Crippen molar-refractivity contribution in [2.24, 2.45) is 0 Å². The summed E-state index contributed by atoms with van der Waals surface area (Å²) in [6.45, 7) is 2.55. The van der Waals surface area contributed by atoms with Crippen LogP contribution in [0.15, 0.2) is 24.4 Å². The van der Waals surface area contributed by atoms with Crippen LogP contribution in [-0.2, 0) is 11.3 Å². The smallest absolute Gasteiger partial charge is 0.320 e. The highest BCUT2D eigenvalue weighted by Crippen LogP contribution is 2.02. The van der Waals surface area contributed by atoms with Gasteiger partial charge in [0.1, 0.15) is 6.04 Å². The van der Waals surface area contributed by atoms with E-state index in [4.69, 9.17) is 5.11 Å². The molecule has 4 heteroatoms. The van der Waals surface area contributed by atoms with Crippen molar-refractivity contribution < 1.29 is 9.90 Å². The fraction of sp³-hybridized carbons (Fsp3) is 0.500. The van der Waals surface area contributed by atoms with Crippen LogP contribution in [0, 0.1) is 0 Å². The molecule has 1 rings (SSSR count). The summed E-state index contributed by atoms with van der Waals surface area (Å²) < 4.78 is 0. The normalized spacial score (nSPS) is 12.3. The molecule has 0 radical (unpaired) electrons. The number of hydrogen-bond acceptors (Lipinski definition) is 3. The molecule has 2 N–H and O–H groups in total. The van der Waals surface area contributed by atoms with E-state index in [0.717, 1.165) is 18.5 Å². The van der Waals surface area contributed by atoms with Crippen molar-refractivity contribution in [3.8, 4) is 0 Å². The highest BCUT2D eigenvalue weighted by Gasteiger charge is 2.15. The SMILES string of the molecule is CCCCC(NCc1ccccn1)C(=O)O. The standard InChI is InChI=1S/C12H18N2O2/c1-2-3-7-11(12(15)16)14-9-10-6-4-5-8-13-10/h4-6,8,11,14H,2-3,7,9H2,1H3,(H,15,16). The number of carboxylic acid groups (broad SMARTS) is 1. The Labute approximate surface area is 95.7 Å². The maximum Gasteiger partial charge on any atom is 0.320 e. The van der Waals surface area contributed by atoms with Gasteiger partial charge in [-0.2, -0.15) is 0 Å². The number of nitrogens with one attached hydrogen (secondary N) is 1. The van der Waals surface area contributed by atoms with E-state index in [9.17, 15) is 4.79 Å². The molecule has 0 fully saturated rings. The number of unbranched alkanes of at least 4 members (excludes halogenated alkanes) is 1. The molecule has 4 nitrogen and oxygen atoms in total. The van der Waals surface area contributed by atoms with Crippen molar-refractivity contribution >= 4 is 5.97 Å². The summed E-state index contributed by atoms with van der Waals surface area (Å²) in [7, 11) is 0. The first-order valence-corrected chi connectivity index (χ1v) is 5.60. The van der Waals surface area contributed by atoms with Crippen molar-refractivity contribution in [3.63, 3.8) is 0 Å². The largest absolute Gasteiger partial charge is 0.480 e. The van der Waals surface area contributed by atoms with Gasteiger partial charge in [-0.15, -0.1) is 0 Å². The minimum atomic E-state index is -0.788. The molecule has 0 bridgehead atoms. The highest BCUT2D eigenvalue weighted by atomic mass is 16.4. The summed E-state index contributed by atoms with van der Waals surface area (Å²) in [5.41, 5.74) is 0.866. The Morgan fingerprint density at radius 3 is 2.94 bits per heavy atom. The average Bonchev–Trinajstić information content (AvgIpc) is 2.30. The average molecular weight is 222 g/mol. The molecule has 0 aromatic carbocycles. The number of aliphatic carboxylic acids is 1. The number of pyridine rings is 1. The molecular formula is C12H18N2O2. The Morgan fingerprint density at radius 1 is 1.56 bits per heavy atom. The Hall–Kier alpha value is -1.42. The van der Waals surface area contributed by atoms with Gasteiger partial charge in [0.15, 0.2) is 0 Å². The van der Waals surface area contributed by atoms with Crippen LogP contribution < -0.4 is 5.32 Å². The second-order valence-electron chi connectivity index (χ2n) is 3.74. The third kappa shape index (κ3) is 4.40. The Bertz CT molecular complexity index is 314. The maximum atomic E-state index is 10.9. The third-order valence-electron chi connectivity index (χ3n) is 2.40. The number of carbonyl (C=O) groups is 1. The maximum absolute atomic E-state index is 10.9. The van der Waals surface area contributed by atoms with Gasteiger partial charge in [-0.1, -0.05) is 25.8 Å². The van der Waals surface area contributed by atoms with E-state index in [1.807, 2.05) is 18.2 Å². The number of aromatic nitrogens is 1. The van der Waals surface area contributed by atoms with Crippen LogP contribution in [0.2, 0.25) is 0 Å². The molecule has 1 aromatic heterocycles. The lowest BCUT2D eigenvalue weighted by Gasteiger charge is -2.13. The van der Waals surface area contributed by atoms with Crippen molar-refractivity contribution in [3.05, 3.63) is 30.1 Å². The second-order valence-corrected chi connectivity index (χ2v) is 3.74. The quantitative estimate of drug-likeness (QED) is 0.738. The molecule has 0 saturated heterocycles. The summed E-state index contributed by atoms with van der Waals surface area (Å²) in [5.74, 6) is -0.788. The van der Waals surface area contributed by atoms with Crippen LogP contribution in [0.4, 0.5) is 0 Å². The van der Waals surface area contributed by atoms with Crippen molar-refractivity contribution in [2.45, 2.75) is 38.8 Å². The first kappa shape index (κ1) is 12.6. The van der Waals surface area contributed by atoms with Crippen LogP contribution in [0.25, 0.3) is 0 Å². The molecule has 1 heterocycles. The van der Waals surface area contributed by atoms with Crippen LogP contribution in [0.3, 0.4) is 0 Å². The molecule has 1 atom stereocenters.